The summed E-state index contributed by atoms with van der Waals surface area (Å²) in [5, 5.41) is 11.3. The molecule has 2 heterocycles. The van der Waals surface area contributed by atoms with Gasteiger partial charge in [0.2, 0.25) is 10.0 Å². The van der Waals surface area contributed by atoms with Crippen molar-refractivity contribution >= 4 is 21.4 Å². The summed E-state index contributed by atoms with van der Waals surface area (Å²) in [5.41, 5.74) is -0.322. The summed E-state index contributed by atoms with van der Waals surface area (Å²) in [7, 11) is -3.52. The zero-order valence-electron chi connectivity index (χ0n) is 15.5. The number of nitrogens with one attached hydrogen (secondary N) is 1. The van der Waals surface area contributed by atoms with Crippen LogP contribution in [0.3, 0.4) is 0 Å². The second kappa shape index (κ2) is 6.88. The van der Waals surface area contributed by atoms with E-state index >= 15 is 0 Å². The van der Waals surface area contributed by atoms with Crippen molar-refractivity contribution in [2.75, 3.05) is 12.8 Å². The summed E-state index contributed by atoms with van der Waals surface area (Å²) in [5.74, 6) is 0.365. The number of nitro groups is 1. The van der Waals surface area contributed by atoms with Gasteiger partial charge in [-0.2, -0.15) is 0 Å². The van der Waals surface area contributed by atoms with Crippen molar-refractivity contribution in [1.29, 1.82) is 0 Å². The van der Waals surface area contributed by atoms with E-state index in [1.165, 1.54) is 35.0 Å². The molecule has 0 fully saturated rings. The molecule has 0 spiro atoms. The van der Waals surface area contributed by atoms with Crippen molar-refractivity contribution in [3.63, 3.8) is 0 Å². The van der Waals surface area contributed by atoms with Crippen molar-refractivity contribution in [2.45, 2.75) is 19.4 Å². The molecule has 148 valence electrons. The van der Waals surface area contributed by atoms with Gasteiger partial charge < -0.3 is 4.74 Å². The second-order valence-corrected chi connectivity index (χ2v) is 8.71. The Balaban J connectivity index is 2.35. The summed E-state index contributed by atoms with van der Waals surface area (Å²) in [6.07, 6.45) is 2.56. The van der Waals surface area contributed by atoms with Gasteiger partial charge in [-0.25, -0.2) is 13.1 Å². The first-order valence-electron chi connectivity index (χ1n) is 8.34. The van der Waals surface area contributed by atoms with E-state index in [0.29, 0.717) is 22.6 Å². The predicted molar refractivity (Wildman–Crippen MR) is 104 cm³/mol. The summed E-state index contributed by atoms with van der Waals surface area (Å²) < 4.78 is 33.1. The molecule has 0 saturated heterocycles. The number of pyridine rings is 1. The number of fused-ring (bicyclic) bond motifs is 1. The number of hydrogen-bond acceptors (Lipinski definition) is 6. The van der Waals surface area contributed by atoms with E-state index in [-0.39, 0.29) is 17.8 Å². The molecular formula is C18H19N3O6S. The first-order chi connectivity index (χ1) is 13.0. The van der Waals surface area contributed by atoms with Gasteiger partial charge in [0, 0.05) is 42.1 Å². The first kappa shape index (κ1) is 19.8. The third-order valence-corrected chi connectivity index (χ3v) is 5.05. The van der Waals surface area contributed by atoms with Crippen LogP contribution in [0.25, 0.3) is 5.70 Å². The molecule has 2 aromatic rings. The van der Waals surface area contributed by atoms with Gasteiger partial charge in [0.1, 0.15) is 11.4 Å². The van der Waals surface area contributed by atoms with Gasteiger partial charge in [-0.3, -0.25) is 19.5 Å². The Morgan fingerprint density at radius 3 is 2.57 bits per heavy atom. The average Bonchev–Trinajstić information content (AvgIpc) is 2.58. The van der Waals surface area contributed by atoms with Crippen molar-refractivity contribution in [1.82, 2.24) is 9.29 Å². The second-order valence-electron chi connectivity index (χ2n) is 6.88. The number of nitrogens with zero attached hydrogens (tertiary/aromatic N) is 2. The number of ether oxygens (including phenoxy) is 1. The van der Waals surface area contributed by atoms with Crippen LogP contribution in [-0.4, -0.2) is 36.3 Å². The number of nitro benzene ring substituents is 1. The minimum atomic E-state index is -3.52. The van der Waals surface area contributed by atoms with Gasteiger partial charge in [-0.15, -0.1) is 0 Å². The average molecular weight is 405 g/mol. The molecule has 3 rings (SSSR count). The monoisotopic (exact) mass is 405 g/mol. The predicted octanol–water partition coefficient (Wildman–Crippen LogP) is 1.74. The van der Waals surface area contributed by atoms with E-state index in [1.807, 2.05) is 0 Å². The molecule has 0 saturated carbocycles. The standard InChI is InChI=1S/C18H19N3O6S/c1-18(2)14(11-19-28(3,25)26)17(20-9-5-4-6-16(20)22)13-10-12(21(23)24)7-8-15(13)27-18/h4-10,19H,11H2,1-3H3. The maximum absolute atomic E-state index is 12.5. The maximum atomic E-state index is 12.5. The largest absolute Gasteiger partial charge is 0.483 e. The van der Waals surface area contributed by atoms with Gasteiger partial charge in [0.05, 0.1) is 16.9 Å². The number of benzene rings is 1. The van der Waals surface area contributed by atoms with Gasteiger partial charge in [-0.1, -0.05) is 6.07 Å². The molecule has 10 heteroatoms. The Morgan fingerprint density at radius 1 is 1.25 bits per heavy atom. The smallest absolute Gasteiger partial charge is 0.270 e. The number of aromatic nitrogens is 1. The van der Waals surface area contributed by atoms with E-state index < -0.39 is 20.5 Å². The van der Waals surface area contributed by atoms with Crippen LogP contribution in [0.15, 0.2) is 53.0 Å². The van der Waals surface area contributed by atoms with Crippen LogP contribution in [0.2, 0.25) is 0 Å². The number of sulfonamides is 1. The van der Waals surface area contributed by atoms with Gasteiger partial charge in [0.15, 0.2) is 0 Å². The fraction of sp³-hybridized carbons (Fsp3) is 0.278. The first-order valence-corrected chi connectivity index (χ1v) is 10.2. The SMILES string of the molecule is CC1(C)Oc2ccc([N+](=O)[O-])cc2C(n2ccccc2=O)=C1CNS(C)(=O)=O. The Kier molecular flexibility index (Phi) is 4.86. The highest BCUT2D eigenvalue weighted by Crippen LogP contribution is 2.42. The van der Waals surface area contributed by atoms with Crippen molar-refractivity contribution in [3.8, 4) is 5.75 Å². The molecule has 0 amide bonds. The molecule has 0 atom stereocenters. The Morgan fingerprint density at radius 2 is 1.96 bits per heavy atom. The van der Waals surface area contributed by atoms with Crippen LogP contribution < -0.4 is 15.0 Å². The van der Waals surface area contributed by atoms with Crippen LogP contribution in [0, 0.1) is 10.1 Å². The molecule has 28 heavy (non-hydrogen) atoms. The lowest BCUT2D eigenvalue weighted by molar-refractivity contribution is -0.384. The molecule has 0 bridgehead atoms. The Bertz CT molecular complexity index is 1150. The summed E-state index contributed by atoms with van der Waals surface area (Å²) in [6.45, 7) is 3.36. The fourth-order valence-corrected chi connectivity index (χ4v) is 3.48. The van der Waals surface area contributed by atoms with Crippen LogP contribution in [-0.2, 0) is 10.0 Å². The van der Waals surface area contributed by atoms with E-state index in [9.17, 15) is 23.3 Å². The van der Waals surface area contributed by atoms with Crippen LogP contribution >= 0.6 is 0 Å². The maximum Gasteiger partial charge on any atom is 0.270 e. The van der Waals surface area contributed by atoms with Crippen molar-refractivity contribution in [2.24, 2.45) is 0 Å². The fourth-order valence-electron chi connectivity index (χ4n) is 3.08. The van der Waals surface area contributed by atoms with E-state index in [4.69, 9.17) is 4.74 Å². The molecule has 1 N–H and O–H groups in total. The normalized spacial score (nSPS) is 15.7. The van der Waals surface area contributed by atoms with Gasteiger partial charge in [0.25, 0.3) is 11.2 Å². The van der Waals surface area contributed by atoms with Crippen LogP contribution in [0.1, 0.15) is 19.4 Å². The van der Waals surface area contributed by atoms with Crippen LogP contribution in [0.4, 0.5) is 5.69 Å². The Hall–Kier alpha value is -2.98. The minimum absolute atomic E-state index is 0.120. The quantitative estimate of drug-likeness (QED) is 0.597. The summed E-state index contributed by atoms with van der Waals surface area (Å²) in [6, 6.07) is 8.69. The number of rotatable bonds is 5. The summed E-state index contributed by atoms with van der Waals surface area (Å²) >= 11 is 0. The lowest BCUT2D eigenvalue weighted by atomic mass is 9.89. The molecule has 1 aliphatic heterocycles. The van der Waals surface area contributed by atoms with E-state index in [1.54, 1.807) is 26.0 Å². The summed E-state index contributed by atoms with van der Waals surface area (Å²) in [4.78, 5) is 23.2. The molecule has 1 aliphatic rings. The number of hydrogen-bond donors (Lipinski definition) is 1. The van der Waals surface area contributed by atoms with Gasteiger partial charge in [-0.05, 0) is 26.0 Å². The molecule has 0 radical (unpaired) electrons. The third kappa shape index (κ3) is 3.82. The van der Waals surface area contributed by atoms with Gasteiger partial charge >= 0.3 is 0 Å². The van der Waals surface area contributed by atoms with Crippen molar-refractivity contribution < 1.29 is 18.1 Å². The molecule has 9 nitrogen and oxygen atoms in total. The lowest BCUT2D eigenvalue weighted by Gasteiger charge is -2.37. The topological polar surface area (TPSA) is 121 Å². The zero-order chi connectivity index (χ0) is 20.7. The highest BCUT2D eigenvalue weighted by molar-refractivity contribution is 7.88. The molecule has 1 aromatic heterocycles. The van der Waals surface area contributed by atoms with Crippen LogP contribution in [0.5, 0.6) is 5.75 Å². The minimum Gasteiger partial charge on any atom is -0.483 e. The van der Waals surface area contributed by atoms with E-state index in [2.05, 4.69) is 4.72 Å². The number of non-ortho nitro benzene ring substituents is 1. The molecule has 0 unspecified atom stereocenters. The van der Waals surface area contributed by atoms with E-state index in [0.717, 1.165) is 6.26 Å². The molecule has 1 aromatic carbocycles. The zero-order valence-corrected chi connectivity index (χ0v) is 16.3. The molecule has 0 aliphatic carbocycles. The third-order valence-electron chi connectivity index (χ3n) is 4.38. The molecular weight excluding hydrogens is 386 g/mol. The highest BCUT2D eigenvalue weighted by atomic mass is 32.2. The Labute approximate surface area is 161 Å². The highest BCUT2D eigenvalue weighted by Gasteiger charge is 2.37. The van der Waals surface area contributed by atoms with Crippen molar-refractivity contribution in [3.05, 3.63) is 74.2 Å². The lowest BCUT2D eigenvalue weighted by Crippen LogP contribution is -2.42.